The summed E-state index contributed by atoms with van der Waals surface area (Å²) in [5, 5.41) is 2.47. The van der Waals surface area contributed by atoms with Crippen LogP contribution in [0.25, 0.3) is 72.0 Å². The van der Waals surface area contributed by atoms with E-state index in [0.29, 0.717) is 0 Å². The first-order valence-corrected chi connectivity index (χ1v) is 19.2. The molecule has 1 heterocycles. The summed E-state index contributed by atoms with van der Waals surface area (Å²) in [4.78, 5) is 2.44. The van der Waals surface area contributed by atoms with Crippen LogP contribution in [0.15, 0.2) is 231 Å². The molecule has 56 heavy (non-hydrogen) atoms. The zero-order valence-electron chi connectivity index (χ0n) is 30.8. The minimum absolute atomic E-state index is 1.08. The van der Waals surface area contributed by atoms with Crippen LogP contribution in [0, 0.1) is 0 Å². The molecular formula is C54H38N2. The van der Waals surface area contributed by atoms with Crippen LogP contribution in [0.5, 0.6) is 0 Å². The van der Waals surface area contributed by atoms with Crippen molar-refractivity contribution in [2.45, 2.75) is 0 Å². The molecule has 0 fully saturated rings. The summed E-state index contributed by atoms with van der Waals surface area (Å²) in [6.45, 7) is 0. The van der Waals surface area contributed by atoms with Gasteiger partial charge in [-0.05, 0) is 93.5 Å². The van der Waals surface area contributed by atoms with Crippen molar-refractivity contribution in [1.82, 2.24) is 4.57 Å². The lowest BCUT2D eigenvalue weighted by molar-refractivity contribution is 1.18. The molecule has 9 aromatic carbocycles. The van der Waals surface area contributed by atoms with Crippen molar-refractivity contribution in [2.75, 3.05) is 4.90 Å². The number of benzene rings is 9. The van der Waals surface area contributed by atoms with Crippen molar-refractivity contribution in [3.8, 4) is 50.2 Å². The quantitative estimate of drug-likeness (QED) is 0.152. The molecule has 0 amide bonds. The number of aromatic nitrogens is 1. The largest absolute Gasteiger partial charge is 0.310 e. The second-order valence-electron chi connectivity index (χ2n) is 14.1. The SMILES string of the molecule is c1ccc(-c2cccc(N(c3ccc(-c4ccccc4)c(-c4ccccc4)c3)c3ccccc3-c3cccc4c3c3ccccc3n4-c3ccccc3)c2)cc1. The first kappa shape index (κ1) is 33.2. The molecule has 2 heteroatoms. The average Bonchev–Trinajstić information content (AvgIpc) is 3.63. The number of nitrogens with zero attached hydrogens (tertiary/aromatic N) is 2. The molecule has 0 atom stereocenters. The third-order valence-electron chi connectivity index (χ3n) is 10.8. The van der Waals surface area contributed by atoms with Gasteiger partial charge in [-0.3, -0.25) is 0 Å². The van der Waals surface area contributed by atoms with Crippen LogP contribution < -0.4 is 4.90 Å². The molecule has 1 aromatic heterocycles. The fraction of sp³-hybridized carbons (Fsp3) is 0. The van der Waals surface area contributed by atoms with E-state index < -0.39 is 0 Å². The third-order valence-corrected chi connectivity index (χ3v) is 10.8. The van der Waals surface area contributed by atoms with Gasteiger partial charge >= 0.3 is 0 Å². The molecule has 264 valence electrons. The number of anilines is 3. The van der Waals surface area contributed by atoms with Gasteiger partial charge in [-0.25, -0.2) is 0 Å². The highest BCUT2D eigenvalue weighted by Crippen LogP contribution is 2.47. The molecule has 0 spiro atoms. The third kappa shape index (κ3) is 5.95. The molecular weight excluding hydrogens is 677 g/mol. The average molecular weight is 715 g/mol. The van der Waals surface area contributed by atoms with E-state index >= 15 is 0 Å². The van der Waals surface area contributed by atoms with Crippen molar-refractivity contribution in [1.29, 1.82) is 0 Å². The standard InChI is InChI=1S/C54H38N2/c1-5-19-39(20-6-1)42-25-17-28-44(37-42)55(45-35-36-46(40-21-7-2-8-22-40)50(38-45)41-23-9-3-10-24-41)51-32-15-13-29-47(51)48-31-18-34-53-54(48)49-30-14-16-33-52(49)56(53)43-26-11-4-12-27-43/h1-38H. The van der Waals surface area contributed by atoms with E-state index in [0.717, 1.165) is 28.3 Å². The molecule has 0 aliphatic carbocycles. The molecule has 2 nitrogen and oxygen atoms in total. The fourth-order valence-corrected chi connectivity index (χ4v) is 8.28. The zero-order valence-corrected chi connectivity index (χ0v) is 30.8. The van der Waals surface area contributed by atoms with Crippen LogP contribution in [0.4, 0.5) is 17.1 Å². The van der Waals surface area contributed by atoms with Crippen LogP contribution >= 0.6 is 0 Å². The predicted octanol–water partition coefficient (Wildman–Crippen LogP) is 14.9. The van der Waals surface area contributed by atoms with E-state index in [-0.39, 0.29) is 0 Å². The Morgan fingerprint density at radius 1 is 0.304 bits per heavy atom. The van der Waals surface area contributed by atoms with E-state index in [1.54, 1.807) is 0 Å². The number of rotatable bonds is 8. The molecule has 0 aliphatic rings. The molecule has 10 aromatic rings. The van der Waals surface area contributed by atoms with Gasteiger partial charge in [0.2, 0.25) is 0 Å². The summed E-state index contributed by atoms with van der Waals surface area (Å²) in [6, 6.07) is 83.1. The van der Waals surface area contributed by atoms with Gasteiger partial charge in [0.05, 0.1) is 16.7 Å². The Kier molecular flexibility index (Phi) is 8.55. The molecule has 0 unspecified atom stereocenters. The summed E-state index contributed by atoms with van der Waals surface area (Å²) >= 11 is 0. The molecule has 0 saturated heterocycles. The summed E-state index contributed by atoms with van der Waals surface area (Å²) in [5.74, 6) is 0. The van der Waals surface area contributed by atoms with Gasteiger partial charge < -0.3 is 9.47 Å². The van der Waals surface area contributed by atoms with Crippen molar-refractivity contribution in [3.05, 3.63) is 231 Å². The molecule has 10 rings (SSSR count). The van der Waals surface area contributed by atoms with E-state index in [1.165, 1.54) is 60.8 Å². The summed E-state index contributed by atoms with van der Waals surface area (Å²) in [6.07, 6.45) is 0. The fourth-order valence-electron chi connectivity index (χ4n) is 8.28. The molecule has 0 bridgehead atoms. The molecule has 0 saturated carbocycles. The van der Waals surface area contributed by atoms with Gasteiger partial charge in [-0.15, -0.1) is 0 Å². The summed E-state index contributed by atoms with van der Waals surface area (Å²) in [7, 11) is 0. The number of hydrogen-bond acceptors (Lipinski definition) is 1. The molecule has 0 N–H and O–H groups in total. The minimum atomic E-state index is 1.08. The highest BCUT2D eigenvalue weighted by molar-refractivity contribution is 6.17. The highest BCUT2D eigenvalue weighted by Gasteiger charge is 2.23. The lowest BCUT2D eigenvalue weighted by atomic mass is 9.93. The maximum absolute atomic E-state index is 2.44. The predicted molar refractivity (Wildman–Crippen MR) is 237 cm³/mol. The van der Waals surface area contributed by atoms with E-state index in [4.69, 9.17) is 0 Å². The zero-order chi connectivity index (χ0) is 37.3. The number of para-hydroxylation sites is 3. The molecule has 0 radical (unpaired) electrons. The molecule has 0 aliphatic heterocycles. The Hall–Kier alpha value is -7.42. The Morgan fingerprint density at radius 3 is 1.59 bits per heavy atom. The van der Waals surface area contributed by atoms with Crippen LogP contribution in [0.2, 0.25) is 0 Å². The normalized spacial score (nSPS) is 11.2. The first-order valence-electron chi connectivity index (χ1n) is 19.2. The Morgan fingerprint density at radius 2 is 0.839 bits per heavy atom. The summed E-state index contributed by atoms with van der Waals surface area (Å²) < 4.78 is 2.40. The van der Waals surface area contributed by atoms with Crippen LogP contribution in [0.3, 0.4) is 0 Å². The van der Waals surface area contributed by atoms with E-state index in [1.807, 2.05) is 0 Å². The van der Waals surface area contributed by atoms with Crippen molar-refractivity contribution in [3.63, 3.8) is 0 Å². The van der Waals surface area contributed by atoms with Crippen LogP contribution in [-0.2, 0) is 0 Å². The second kappa shape index (κ2) is 14.4. The smallest absolute Gasteiger partial charge is 0.0547 e. The van der Waals surface area contributed by atoms with Crippen molar-refractivity contribution in [2.24, 2.45) is 0 Å². The highest BCUT2D eigenvalue weighted by atomic mass is 15.1. The Bertz CT molecular complexity index is 2950. The summed E-state index contributed by atoms with van der Waals surface area (Å²) in [5.41, 5.74) is 16.3. The topological polar surface area (TPSA) is 8.17 Å². The monoisotopic (exact) mass is 714 g/mol. The van der Waals surface area contributed by atoms with Gasteiger partial charge in [0.15, 0.2) is 0 Å². The van der Waals surface area contributed by atoms with Gasteiger partial charge in [0.1, 0.15) is 0 Å². The van der Waals surface area contributed by atoms with Gasteiger partial charge in [-0.2, -0.15) is 0 Å². The van der Waals surface area contributed by atoms with Crippen LogP contribution in [0.1, 0.15) is 0 Å². The van der Waals surface area contributed by atoms with Crippen LogP contribution in [-0.4, -0.2) is 4.57 Å². The number of hydrogen-bond donors (Lipinski definition) is 0. The van der Waals surface area contributed by atoms with E-state index in [2.05, 4.69) is 240 Å². The first-order chi connectivity index (χ1) is 27.8. The minimum Gasteiger partial charge on any atom is -0.310 e. The maximum Gasteiger partial charge on any atom is 0.0547 e. The maximum atomic E-state index is 2.44. The lowest BCUT2D eigenvalue weighted by Crippen LogP contribution is -2.11. The second-order valence-corrected chi connectivity index (χ2v) is 14.1. The van der Waals surface area contributed by atoms with Gasteiger partial charge in [0.25, 0.3) is 0 Å². The lowest BCUT2D eigenvalue weighted by Gasteiger charge is -2.29. The van der Waals surface area contributed by atoms with Crippen molar-refractivity contribution >= 4 is 38.9 Å². The van der Waals surface area contributed by atoms with Gasteiger partial charge in [0, 0.05) is 33.4 Å². The number of fused-ring (bicyclic) bond motifs is 3. The van der Waals surface area contributed by atoms with Crippen molar-refractivity contribution < 1.29 is 0 Å². The van der Waals surface area contributed by atoms with Gasteiger partial charge in [-0.1, -0.05) is 176 Å². The van der Waals surface area contributed by atoms with E-state index in [9.17, 15) is 0 Å². The Balaban J connectivity index is 1.24. The Labute approximate surface area is 327 Å².